The number of rotatable bonds is 5. The number of halogens is 2. The third kappa shape index (κ3) is 5.79. The summed E-state index contributed by atoms with van der Waals surface area (Å²) in [7, 11) is 0. The van der Waals surface area contributed by atoms with Crippen molar-refractivity contribution in [3.05, 3.63) is 29.1 Å². The van der Waals surface area contributed by atoms with Gasteiger partial charge in [0.1, 0.15) is 29.3 Å². The minimum absolute atomic E-state index is 0.0109. The van der Waals surface area contributed by atoms with Gasteiger partial charge < -0.3 is 14.4 Å². The van der Waals surface area contributed by atoms with E-state index in [1.165, 1.54) is 11.0 Å². The molecule has 0 spiro atoms. The van der Waals surface area contributed by atoms with E-state index in [0.29, 0.717) is 42.9 Å². The molecule has 2 bridgehead atoms. The zero-order valence-corrected chi connectivity index (χ0v) is 23.6. The molecule has 0 radical (unpaired) electrons. The molecule has 7 heteroatoms. The van der Waals surface area contributed by atoms with Crippen LogP contribution in [0.5, 0.6) is 5.75 Å². The van der Waals surface area contributed by atoms with Crippen LogP contribution in [0.1, 0.15) is 108 Å². The van der Waals surface area contributed by atoms with E-state index in [1.54, 1.807) is 26.8 Å². The summed E-state index contributed by atoms with van der Waals surface area (Å²) < 4.78 is 27.8. The molecular formula is C30H41ClFNO4. The molecule has 1 saturated heterocycles. The number of esters is 1. The van der Waals surface area contributed by atoms with Crippen molar-refractivity contribution in [3.8, 4) is 5.75 Å². The third-order valence-electron chi connectivity index (χ3n) is 8.57. The third-order valence-corrected chi connectivity index (χ3v) is 8.88. The van der Waals surface area contributed by atoms with E-state index in [1.807, 2.05) is 0 Å². The first kappa shape index (κ1) is 26.8. The molecule has 1 aromatic carbocycles. The molecule has 6 unspecified atom stereocenters. The van der Waals surface area contributed by atoms with Crippen LogP contribution in [0, 0.1) is 23.6 Å². The highest BCUT2D eigenvalue weighted by molar-refractivity contribution is 6.23. The molecule has 3 saturated carbocycles. The maximum atomic E-state index is 15.6. The fourth-order valence-corrected chi connectivity index (χ4v) is 7.49. The number of likely N-dealkylation sites (tertiary alicyclic amines) is 1. The number of hydrogen-bond donors (Lipinski definition) is 0. The van der Waals surface area contributed by atoms with Gasteiger partial charge in [-0.3, -0.25) is 4.79 Å². The maximum Gasteiger partial charge on any atom is 0.329 e. The van der Waals surface area contributed by atoms with Crippen LogP contribution in [0.15, 0.2) is 12.1 Å². The quantitative estimate of drug-likeness (QED) is 0.307. The highest BCUT2D eigenvalue weighted by Gasteiger charge is 2.47. The molecule has 3 aliphatic carbocycles. The van der Waals surface area contributed by atoms with Crippen molar-refractivity contribution in [1.82, 2.24) is 4.90 Å². The van der Waals surface area contributed by atoms with Gasteiger partial charge in [-0.05, 0) is 114 Å². The SMILES string of the molecule is CC1CC2CC(CC(C)(Cl)C2)C1Oc1cc(F)c(C(=O)N2CCCC2C(=O)OC(C)(C)C)cc1C1CC1. The average Bonchev–Trinajstić information content (AvgIpc) is 3.48. The lowest BCUT2D eigenvalue weighted by Crippen LogP contribution is -2.47. The van der Waals surface area contributed by atoms with E-state index in [-0.39, 0.29) is 22.5 Å². The van der Waals surface area contributed by atoms with E-state index in [4.69, 9.17) is 21.1 Å². The van der Waals surface area contributed by atoms with Crippen LogP contribution in [0.3, 0.4) is 0 Å². The zero-order valence-electron chi connectivity index (χ0n) is 22.8. The van der Waals surface area contributed by atoms with Gasteiger partial charge >= 0.3 is 5.97 Å². The Morgan fingerprint density at radius 1 is 1.14 bits per heavy atom. The Bertz CT molecular complexity index is 1060. The van der Waals surface area contributed by atoms with Gasteiger partial charge in [0.05, 0.1) is 5.56 Å². The standard InChI is InChI=1S/C30H41ClFNO4/c1-17-11-18-12-20(16-30(5,31)15-18)26(17)36-25-14-23(32)22(13-21(25)19-8-9-19)27(34)33-10-6-7-24(33)28(35)37-29(2,3)4/h13-14,17-20,24,26H,6-12,15-16H2,1-5H3. The van der Waals surface area contributed by atoms with Crippen LogP contribution in [-0.4, -0.2) is 45.9 Å². The minimum atomic E-state index is -0.682. The van der Waals surface area contributed by atoms with Crippen molar-refractivity contribution in [3.63, 3.8) is 0 Å². The topological polar surface area (TPSA) is 55.8 Å². The monoisotopic (exact) mass is 533 g/mol. The highest BCUT2D eigenvalue weighted by atomic mass is 35.5. The number of hydrogen-bond acceptors (Lipinski definition) is 4. The van der Waals surface area contributed by atoms with Gasteiger partial charge in [0.25, 0.3) is 5.91 Å². The number of alkyl halides is 1. The fraction of sp³-hybridized carbons (Fsp3) is 0.733. The molecule has 6 atom stereocenters. The Kier molecular flexibility index (Phi) is 7.04. The maximum absolute atomic E-state index is 15.6. The second-order valence-corrected chi connectivity index (χ2v) is 14.2. The van der Waals surface area contributed by atoms with Crippen LogP contribution in [-0.2, 0) is 9.53 Å². The van der Waals surface area contributed by atoms with Crippen LogP contribution in [0.25, 0.3) is 0 Å². The Balaban J connectivity index is 1.39. The predicted molar refractivity (Wildman–Crippen MR) is 142 cm³/mol. The summed E-state index contributed by atoms with van der Waals surface area (Å²) in [5.41, 5.74) is 0.289. The molecule has 4 fully saturated rings. The number of fused-ring (bicyclic) bond motifs is 2. The summed E-state index contributed by atoms with van der Waals surface area (Å²) in [6.07, 6.45) is 7.34. The van der Waals surface area contributed by atoms with Crippen LogP contribution < -0.4 is 4.74 Å². The number of nitrogens with zero attached hydrogens (tertiary/aromatic N) is 1. The smallest absolute Gasteiger partial charge is 0.329 e. The molecule has 37 heavy (non-hydrogen) atoms. The van der Waals surface area contributed by atoms with E-state index in [9.17, 15) is 9.59 Å². The predicted octanol–water partition coefficient (Wildman–Crippen LogP) is 6.85. The van der Waals surface area contributed by atoms with Crippen LogP contribution in [0.2, 0.25) is 0 Å². The minimum Gasteiger partial charge on any atom is -0.489 e. The van der Waals surface area contributed by atoms with Crippen LogP contribution >= 0.6 is 11.6 Å². The molecule has 5 nitrogen and oxygen atoms in total. The lowest BCUT2D eigenvalue weighted by atomic mass is 9.63. The van der Waals surface area contributed by atoms with Gasteiger partial charge in [-0.1, -0.05) is 6.92 Å². The van der Waals surface area contributed by atoms with Gasteiger partial charge in [-0.25, -0.2) is 9.18 Å². The molecule has 1 aromatic rings. The molecular weight excluding hydrogens is 493 g/mol. The van der Waals surface area contributed by atoms with E-state index in [2.05, 4.69) is 13.8 Å². The van der Waals surface area contributed by atoms with Gasteiger partial charge in [0.2, 0.25) is 0 Å². The fourth-order valence-electron chi connectivity index (χ4n) is 7.07. The Labute approximate surface area is 225 Å². The van der Waals surface area contributed by atoms with Crippen molar-refractivity contribution < 1.29 is 23.5 Å². The van der Waals surface area contributed by atoms with Gasteiger partial charge in [-0.2, -0.15) is 0 Å². The first-order valence-corrected chi connectivity index (χ1v) is 14.4. The Morgan fingerprint density at radius 2 is 1.86 bits per heavy atom. The largest absolute Gasteiger partial charge is 0.489 e. The zero-order chi connectivity index (χ0) is 26.7. The molecule has 204 valence electrons. The summed E-state index contributed by atoms with van der Waals surface area (Å²) >= 11 is 6.80. The number of amides is 1. The number of ether oxygens (including phenoxy) is 2. The summed E-state index contributed by atoms with van der Waals surface area (Å²) in [6.45, 7) is 10.2. The molecule has 1 aliphatic heterocycles. The summed E-state index contributed by atoms with van der Waals surface area (Å²) in [5, 5.41) is 0. The summed E-state index contributed by atoms with van der Waals surface area (Å²) in [5.74, 6) is 0.716. The van der Waals surface area contributed by atoms with Crippen molar-refractivity contribution in [2.24, 2.45) is 17.8 Å². The van der Waals surface area contributed by atoms with Crippen molar-refractivity contribution in [1.29, 1.82) is 0 Å². The van der Waals surface area contributed by atoms with Gasteiger partial charge in [0, 0.05) is 17.5 Å². The van der Waals surface area contributed by atoms with Crippen molar-refractivity contribution in [2.45, 2.75) is 115 Å². The van der Waals surface area contributed by atoms with Crippen LogP contribution in [0.4, 0.5) is 4.39 Å². The highest BCUT2D eigenvalue weighted by Crippen LogP contribution is 2.51. The molecule has 4 aliphatic rings. The number of carbonyl (C=O) groups is 2. The first-order valence-electron chi connectivity index (χ1n) is 14.0. The Hall–Kier alpha value is -1.82. The Morgan fingerprint density at radius 3 is 2.54 bits per heavy atom. The lowest BCUT2D eigenvalue weighted by molar-refractivity contribution is -0.159. The molecule has 0 N–H and O–H groups in total. The summed E-state index contributed by atoms with van der Waals surface area (Å²) in [6, 6.07) is 2.43. The van der Waals surface area contributed by atoms with E-state index >= 15 is 4.39 Å². The van der Waals surface area contributed by atoms with E-state index < -0.39 is 29.3 Å². The average molecular weight is 534 g/mol. The molecule has 0 aromatic heterocycles. The lowest BCUT2D eigenvalue weighted by Gasteiger charge is -2.48. The molecule has 1 amide bonds. The van der Waals surface area contributed by atoms with Crippen molar-refractivity contribution >= 4 is 23.5 Å². The van der Waals surface area contributed by atoms with E-state index in [0.717, 1.165) is 44.1 Å². The second kappa shape index (κ2) is 9.73. The number of benzene rings is 1. The normalized spacial score (nSPS) is 33.8. The van der Waals surface area contributed by atoms with Gasteiger partial charge in [0.15, 0.2) is 0 Å². The first-order chi connectivity index (χ1) is 17.3. The molecule has 1 heterocycles. The number of carbonyl (C=O) groups excluding carboxylic acids is 2. The second-order valence-electron chi connectivity index (χ2n) is 13.3. The molecule has 5 rings (SSSR count). The van der Waals surface area contributed by atoms with Gasteiger partial charge in [-0.15, -0.1) is 11.6 Å². The summed E-state index contributed by atoms with van der Waals surface area (Å²) in [4.78, 5) is 27.6. The van der Waals surface area contributed by atoms with Crippen molar-refractivity contribution in [2.75, 3.05) is 6.54 Å².